The van der Waals surface area contributed by atoms with E-state index in [1.165, 1.54) is 16.8 Å². The van der Waals surface area contributed by atoms with Gasteiger partial charge in [-0.25, -0.2) is 4.79 Å². The molecule has 0 aromatic carbocycles. The van der Waals surface area contributed by atoms with Crippen molar-refractivity contribution in [1.29, 1.82) is 0 Å². The van der Waals surface area contributed by atoms with Crippen LogP contribution >= 0.6 is 0 Å². The van der Waals surface area contributed by atoms with E-state index in [0.717, 1.165) is 5.69 Å². The number of hydrogen-bond acceptors (Lipinski definition) is 7. The first-order valence-electron chi connectivity index (χ1n) is 7.49. The maximum Gasteiger partial charge on any atom is 0.330 e. The Morgan fingerprint density at radius 1 is 1.33 bits per heavy atom. The molecule has 1 aliphatic heterocycles. The number of nitrogens with one attached hydrogen (secondary N) is 2. The number of pyridine rings is 1. The second-order valence-electron chi connectivity index (χ2n) is 5.48. The summed E-state index contributed by atoms with van der Waals surface area (Å²) in [5.74, 6) is 0. The van der Waals surface area contributed by atoms with Crippen LogP contribution in [0.15, 0.2) is 46.2 Å². The van der Waals surface area contributed by atoms with Gasteiger partial charge in [0.05, 0.1) is 18.3 Å². The fourth-order valence-corrected chi connectivity index (χ4v) is 2.71. The third-order valence-corrected chi connectivity index (χ3v) is 3.92. The highest BCUT2D eigenvalue weighted by atomic mass is 16.5. The molecule has 1 saturated heterocycles. The molecule has 0 saturated carbocycles. The molecule has 0 bridgehead atoms. The van der Waals surface area contributed by atoms with Crippen LogP contribution in [0.3, 0.4) is 0 Å². The molecule has 0 radical (unpaired) electrons. The van der Waals surface area contributed by atoms with Crippen LogP contribution in [-0.2, 0) is 11.3 Å². The third kappa shape index (κ3) is 3.29. The van der Waals surface area contributed by atoms with E-state index in [4.69, 9.17) is 4.74 Å². The predicted octanol–water partition coefficient (Wildman–Crippen LogP) is -1.66. The van der Waals surface area contributed by atoms with Gasteiger partial charge in [-0.05, 0) is 12.1 Å². The smallest absolute Gasteiger partial charge is 0.330 e. The number of hydrogen-bond donors (Lipinski definition) is 4. The topological polar surface area (TPSA) is 129 Å². The SMILES string of the molecule is O=c1ccn([C@@H]2O[C@H](CO)[C@@H](O)[C@H]2NCc2ccccn2)c(=O)[nH]1. The summed E-state index contributed by atoms with van der Waals surface area (Å²) < 4.78 is 6.77. The van der Waals surface area contributed by atoms with Gasteiger partial charge in [-0.1, -0.05) is 6.07 Å². The molecule has 4 atom stereocenters. The summed E-state index contributed by atoms with van der Waals surface area (Å²) in [6, 6.07) is 5.99. The van der Waals surface area contributed by atoms with Gasteiger partial charge in [0.15, 0.2) is 6.23 Å². The minimum atomic E-state index is -1.03. The van der Waals surface area contributed by atoms with Gasteiger partial charge < -0.3 is 20.3 Å². The van der Waals surface area contributed by atoms with E-state index < -0.39 is 42.3 Å². The highest BCUT2D eigenvalue weighted by molar-refractivity contribution is 5.04. The largest absolute Gasteiger partial charge is 0.394 e. The Morgan fingerprint density at radius 3 is 2.83 bits per heavy atom. The lowest BCUT2D eigenvalue weighted by atomic mass is 10.1. The molecule has 4 N–H and O–H groups in total. The van der Waals surface area contributed by atoms with Gasteiger partial charge in [0, 0.05) is 25.0 Å². The lowest BCUT2D eigenvalue weighted by Gasteiger charge is -2.22. The Bertz CT molecular complexity index is 790. The predicted molar refractivity (Wildman–Crippen MR) is 83.2 cm³/mol. The summed E-state index contributed by atoms with van der Waals surface area (Å²) in [6.45, 7) is -0.0454. The van der Waals surface area contributed by atoms with Crippen LogP contribution in [-0.4, -0.2) is 49.6 Å². The van der Waals surface area contributed by atoms with Crippen LogP contribution < -0.4 is 16.6 Å². The van der Waals surface area contributed by atoms with E-state index in [1.54, 1.807) is 12.3 Å². The molecule has 0 aliphatic carbocycles. The highest BCUT2D eigenvalue weighted by Crippen LogP contribution is 2.28. The molecule has 1 fully saturated rings. The second kappa shape index (κ2) is 7.05. The van der Waals surface area contributed by atoms with E-state index in [-0.39, 0.29) is 0 Å². The van der Waals surface area contributed by atoms with Crippen molar-refractivity contribution in [3.63, 3.8) is 0 Å². The number of rotatable bonds is 5. The molecule has 0 amide bonds. The Labute approximate surface area is 136 Å². The summed E-state index contributed by atoms with van der Waals surface area (Å²) in [4.78, 5) is 29.5. The molecular formula is C15H18N4O5. The quantitative estimate of drug-likeness (QED) is 0.515. The number of aromatic amines is 1. The first kappa shape index (κ1) is 16.5. The molecular weight excluding hydrogens is 316 g/mol. The molecule has 9 nitrogen and oxygen atoms in total. The van der Waals surface area contributed by atoms with E-state index in [1.807, 2.05) is 12.1 Å². The molecule has 128 valence electrons. The van der Waals surface area contributed by atoms with Crippen molar-refractivity contribution >= 4 is 0 Å². The number of ether oxygens (including phenoxy) is 1. The molecule has 2 aromatic heterocycles. The molecule has 1 aliphatic rings. The van der Waals surface area contributed by atoms with Crippen molar-refractivity contribution in [3.8, 4) is 0 Å². The van der Waals surface area contributed by atoms with Crippen molar-refractivity contribution in [2.75, 3.05) is 6.61 Å². The first-order chi connectivity index (χ1) is 11.6. The van der Waals surface area contributed by atoms with Gasteiger partial charge in [0.1, 0.15) is 12.2 Å². The van der Waals surface area contributed by atoms with Crippen molar-refractivity contribution in [2.45, 2.75) is 31.0 Å². The maximum absolute atomic E-state index is 12.0. The molecule has 3 heterocycles. The molecule has 0 spiro atoms. The van der Waals surface area contributed by atoms with Crippen LogP contribution in [0.5, 0.6) is 0 Å². The number of aliphatic hydroxyl groups is 2. The molecule has 3 rings (SSSR count). The maximum atomic E-state index is 12.0. The monoisotopic (exact) mass is 334 g/mol. The standard InChI is InChI=1S/C15H18N4O5/c20-8-10-13(22)12(17-7-9-3-1-2-5-16-9)14(24-10)19-6-4-11(21)18-15(19)23/h1-6,10,12-14,17,20,22H,7-8H2,(H,18,21,23)/t10-,12-,13-,14-/m1/s1. The Hall–Kier alpha value is -2.33. The van der Waals surface area contributed by atoms with Gasteiger partial charge in [-0.3, -0.25) is 19.3 Å². The van der Waals surface area contributed by atoms with Crippen molar-refractivity contribution in [2.24, 2.45) is 0 Å². The number of aliphatic hydroxyl groups excluding tert-OH is 2. The van der Waals surface area contributed by atoms with Gasteiger partial charge in [-0.15, -0.1) is 0 Å². The zero-order chi connectivity index (χ0) is 17.1. The lowest BCUT2D eigenvalue weighted by molar-refractivity contribution is -0.0470. The van der Waals surface area contributed by atoms with Gasteiger partial charge in [0.2, 0.25) is 0 Å². The highest BCUT2D eigenvalue weighted by Gasteiger charge is 2.44. The van der Waals surface area contributed by atoms with Crippen LogP contribution in [0.4, 0.5) is 0 Å². The van der Waals surface area contributed by atoms with Crippen molar-refractivity contribution < 1.29 is 14.9 Å². The molecule has 0 unspecified atom stereocenters. The third-order valence-electron chi connectivity index (χ3n) is 3.92. The summed E-state index contributed by atoms with van der Waals surface area (Å²) in [5.41, 5.74) is -0.417. The van der Waals surface area contributed by atoms with Gasteiger partial charge in [-0.2, -0.15) is 0 Å². The van der Waals surface area contributed by atoms with Crippen molar-refractivity contribution in [3.05, 3.63) is 63.2 Å². The summed E-state index contributed by atoms with van der Waals surface area (Å²) in [6.07, 6.45) is 0.218. The van der Waals surface area contributed by atoms with Crippen LogP contribution in [0, 0.1) is 0 Å². The van der Waals surface area contributed by atoms with Crippen LogP contribution in [0.25, 0.3) is 0 Å². The minimum Gasteiger partial charge on any atom is -0.394 e. The van der Waals surface area contributed by atoms with Crippen LogP contribution in [0.2, 0.25) is 0 Å². The Balaban J connectivity index is 1.85. The average Bonchev–Trinajstić information content (AvgIpc) is 2.90. The fourth-order valence-electron chi connectivity index (χ4n) is 2.71. The normalized spacial score (nSPS) is 26.6. The lowest BCUT2D eigenvalue weighted by Crippen LogP contribution is -2.46. The summed E-state index contributed by atoms with van der Waals surface area (Å²) in [5, 5.41) is 22.8. The first-order valence-corrected chi connectivity index (χ1v) is 7.49. The molecule has 24 heavy (non-hydrogen) atoms. The number of nitrogens with zero attached hydrogens (tertiary/aromatic N) is 2. The van der Waals surface area contributed by atoms with E-state index >= 15 is 0 Å². The summed E-state index contributed by atoms with van der Waals surface area (Å²) >= 11 is 0. The second-order valence-corrected chi connectivity index (χ2v) is 5.48. The van der Waals surface area contributed by atoms with E-state index in [2.05, 4.69) is 15.3 Å². The minimum absolute atomic E-state index is 0.346. The van der Waals surface area contributed by atoms with Gasteiger partial charge in [0.25, 0.3) is 5.56 Å². The number of aromatic nitrogens is 3. The fraction of sp³-hybridized carbons (Fsp3) is 0.400. The van der Waals surface area contributed by atoms with Gasteiger partial charge >= 0.3 is 5.69 Å². The zero-order valence-corrected chi connectivity index (χ0v) is 12.7. The Kier molecular flexibility index (Phi) is 4.86. The van der Waals surface area contributed by atoms with E-state index in [9.17, 15) is 19.8 Å². The van der Waals surface area contributed by atoms with Crippen molar-refractivity contribution in [1.82, 2.24) is 19.9 Å². The molecule has 2 aromatic rings. The number of H-pyrrole nitrogens is 1. The molecule has 9 heteroatoms. The average molecular weight is 334 g/mol. The Morgan fingerprint density at radius 2 is 2.17 bits per heavy atom. The van der Waals surface area contributed by atoms with Crippen LogP contribution in [0.1, 0.15) is 11.9 Å². The summed E-state index contributed by atoms with van der Waals surface area (Å²) in [7, 11) is 0. The van der Waals surface area contributed by atoms with E-state index in [0.29, 0.717) is 6.54 Å². The zero-order valence-electron chi connectivity index (χ0n) is 12.7.